The van der Waals surface area contributed by atoms with Crippen LogP contribution in [-0.2, 0) is 9.53 Å². The highest BCUT2D eigenvalue weighted by molar-refractivity contribution is 7.10. The van der Waals surface area contributed by atoms with Crippen molar-refractivity contribution in [3.8, 4) is 5.75 Å². The van der Waals surface area contributed by atoms with E-state index in [0.29, 0.717) is 25.3 Å². The summed E-state index contributed by atoms with van der Waals surface area (Å²) in [5.74, 6) is 0.273. The summed E-state index contributed by atoms with van der Waals surface area (Å²) in [6.45, 7) is 5.92. The van der Waals surface area contributed by atoms with Crippen LogP contribution in [0.15, 0.2) is 66.0 Å². The lowest BCUT2D eigenvalue weighted by molar-refractivity contribution is -0.124. The Balaban J connectivity index is 1.24. The highest BCUT2D eigenvalue weighted by Crippen LogP contribution is 2.44. The van der Waals surface area contributed by atoms with Crippen molar-refractivity contribution in [2.45, 2.75) is 12.0 Å². The van der Waals surface area contributed by atoms with Crippen LogP contribution in [0.2, 0.25) is 0 Å². The third kappa shape index (κ3) is 5.95. The summed E-state index contributed by atoms with van der Waals surface area (Å²) in [6, 6.07) is 19.3. The Morgan fingerprint density at radius 2 is 1.74 bits per heavy atom. The molecule has 1 saturated heterocycles. The van der Waals surface area contributed by atoms with Gasteiger partial charge in [0.25, 0.3) is 5.91 Å². The Morgan fingerprint density at radius 3 is 2.44 bits per heavy atom. The van der Waals surface area contributed by atoms with E-state index >= 15 is 0 Å². The molecule has 9 heteroatoms. The van der Waals surface area contributed by atoms with Crippen molar-refractivity contribution < 1.29 is 19.1 Å². The van der Waals surface area contributed by atoms with Gasteiger partial charge in [-0.1, -0.05) is 24.3 Å². The Morgan fingerprint density at radius 1 is 0.974 bits per heavy atom. The maximum absolute atomic E-state index is 13.8. The molecule has 1 fully saturated rings. The van der Waals surface area contributed by atoms with Gasteiger partial charge in [-0.2, -0.15) is 0 Å². The molecule has 0 unspecified atom stereocenters. The lowest BCUT2D eigenvalue weighted by Gasteiger charge is -2.41. The van der Waals surface area contributed by atoms with E-state index in [9.17, 15) is 9.59 Å². The van der Waals surface area contributed by atoms with Crippen LogP contribution in [0.25, 0.3) is 0 Å². The second kappa shape index (κ2) is 12.6. The Hall–Kier alpha value is -3.40. The van der Waals surface area contributed by atoms with Gasteiger partial charge in [0.1, 0.15) is 5.75 Å². The molecule has 3 aromatic rings. The number of anilines is 1. The molecule has 2 aliphatic heterocycles. The quantitative estimate of drug-likeness (QED) is 0.417. The average molecular weight is 549 g/mol. The zero-order valence-corrected chi connectivity index (χ0v) is 23.4. The molecule has 0 aliphatic carbocycles. The van der Waals surface area contributed by atoms with E-state index in [1.54, 1.807) is 30.5 Å². The number of nitrogens with zero attached hydrogens (tertiary/aromatic N) is 3. The van der Waals surface area contributed by atoms with Gasteiger partial charge < -0.3 is 24.6 Å². The highest BCUT2D eigenvalue weighted by Gasteiger charge is 2.44. The minimum atomic E-state index is -0.485. The molecular weight excluding hydrogens is 512 g/mol. The number of benzene rings is 2. The first-order chi connectivity index (χ1) is 19.1. The summed E-state index contributed by atoms with van der Waals surface area (Å²) >= 11 is 1.58. The normalized spacial score (nSPS) is 19.6. The number of piperazine rings is 1. The first-order valence-corrected chi connectivity index (χ1v) is 14.3. The third-order valence-electron chi connectivity index (χ3n) is 7.63. The van der Waals surface area contributed by atoms with Gasteiger partial charge in [-0.15, -0.1) is 11.3 Å². The number of carbonyl (C=O) groups is 2. The fraction of sp³-hybridized carbons (Fsp3) is 0.400. The van der Waals surface area contributed by atoms with Gasteiger partial charge in [0.2, 0.25) is 5.91 Å². The molecule has 1 aromatic heterocycles. The summed E-state index contributed by atoms with van der Waals surface area (Å²) in [7, 11) is 3.31. The van der Waals surface area contributed by atoms with Crippen LogP contribution in [-0.4, -0.2) is 88.3 Å². The second-order valence-electron chi connectivity index (χ2n) is 9.83. The molecule has 1 N–H and O–H groups in total. The molecule has 39 heavy (non-hydrogen) atoms. The molecule has 0 radical (unpaired) electrons. The van der Waals surface area contributed by atoms with Crippen LogP contribution >= 0.6 is 11.3 Å². The number of amides is 2. The molecule has 0 spiro atoms. The minimum Gasteiger partial charge on any atom is -0.497 e. The van der Waals surface area contributed by atoms with Gasteiger partial charge in [-0.3, -0.25) is 14.5 Å². The Labute approximate surface area is 234 Å². The number of rotatable bonds is 10. The van der Waals surface area contributed by atoms with E-state index in [-0.39, 0.29) is 17.9 Å². The molecular formula is C30H36N4O4S. The van der Waals surface area contributed by atoms with Crippen molar-refractivity contribution in [1.29, 1.82) is 0 Å². The van der Waals surface area contributed by atoms with Crippen LogP contribution in [0, 0.1) is 0 Å². The van der Waals surface area contributed by atoms with Crippen molar-refractivity contribution in [3.05, 3.63) is 82.0 Å². The van der Waals surface area contributed by atoms with Crippen molar-refractivity contribution in [1.82, 2.24) is 15.1 Å². The fourth-order valence-corrected chi connectivity index (χ4v) is 6.43. The lowest BCUT2D eigenvalue weighted by Crippen LogP contribution is -2.50. The minimum absolute atomic E-state index is 0.0485. The number of thiophene rings is 1. The van der Waals surface area contributed by atoms with Crippen molar-refractivity contribution in [2.24, 2.45) is 0 Å². The highest BCUT2D eigenvalue weighted by atomic mass is 32.1. The SMILES string of the molecule is COCCN1C(=O)c2ccccc2[C@H](C(=O)NCCN2CCN(c3ccc(OC)cc3)CC2)[C@@H]1c1cccs1. The largest absolute Gasteiger partial charge is 0.497 e. The van der Waals surface area contributed by atoms with E-state index in [1.807, 2.05) is 53.9 Å². The molecule has 206 valence electrons. The van der Waals surface area contributed by atoms with Crippen LogP contribution in [0.3, 0.4) is 0 Å². The fourth-order valence-electron chi connectivity index (χ4n) is 5.56. The molecule has 2 amide bonds. The molecule has 5 rings (SSSR count). The topological polar surface area (TPSA) is 74.4 Å². The summed E-state index contributed by atoms with van der Waals surface area (Å²) < 4.78 is 10.6. The number of fused-ring (bicyclic) bond motifs is 1. The summed E-state index contributed by atoms with van der Waals surface area (Å²) in [4.78, 5) is 34.9. The molecule has 0 bridgehead atoms. The van der Waals surface area contributed by atoms with E-state index in [1.165, 1.54) is 5.69 Å². The lowest BCUT2D eigenvalue weighted by atomic mass is 9.81. The molecule has 3 heterocycles. The molecule has 8 nitrogen and oxygen atoms in total. The Bertz CT molecular complexity index is 1240. The summed E-state index contributed by atoms with van der Waals surface area (Å²) in [5.41, 5.74) is 2.59. The van der Waals surface area contributed by atoms with Gasteiger partial charge in [0.05, 0.1) is 25.7 Å². The summed E-state index contributed by atoms with van der Waals surface area (Å²) in [5, 5.41) is 5.20. The number of nitrogens with one attached hydrogen (secondary N) is 1. The maximum Gasteiger partial charge on any atom is 0.254 e. The van der Waals surface area contributed by atoms with Crippen molar-refractivity contribution in [2.75, 3.05) is 71.5 Å². The predicted octanol–water partition coefficient (Wildman–Crippen LogP) is 3.62. The van der Waals surface area contributed by atoms with E-state index in [2.05, 4.69) is 27.2 Å². The van der Waals surface area contributed by atoms with Crippen LogP contribution in [0.4, 0.5) is 5.69 Å². The smallest absolute Gasteiger partial charge is 0.254 e. The zero-order valence-electron chi connectivity index (χ0n) is 22.5. The monoisotopic (exact) mass is 548 g/mol. The molecule has 2 aromatic carbocycles. The zero-order chi connectivity index (χ0) is 27.2. The van der Waals surface area contributed by atoms with Gasteiger partial charge >= 0.3 is 0 Å². The molecule has 2 atom stereocenters. The van der Waals surface area contributed by atoms with E-state index < -0.39 is 5.92 Å². The standard InChI is InChI=1S/C30H36N4O4S/c1-37-20-19-34-28(26-8-5-21-39-26)27(24-6-3-4-7-25(24)30(34)36)29(35)31-13-14-32-15-17-33(18-16-32)22-9-11-23(38-2)12-10-22/h3-12,21,27-28H,13-20H2,1-2H3,(H,31,35)/t27-,28-/m0/s1. The van der Waals surface area contributed by atoms with Gasteiger partial charge in [0.15, 0.2) is 0 Å². The Kier molecular flexibility index (Phi) is 8.81. The number of carbonyl (C=O) groups excluding carboxylic acids is 2. The number of hydrogen-bond donors (Lipinski definition) is 1. The van der Waals surface area contributed by atoms with E-state index in [4.69, 9.17) is 9.47 Å². The summed E-state index contributed by atoms with van der Waals surface area (Å²) in [6.07, 6.45) is 0. The number of ether oxygens (including phenoxy) is 2. The van der Waals surface area contributed by atoms with E-state index in [0.717, 1.165) is 48.9 Å². The van der Waals surface area contributed by atoms with Gasteiger partial charge in [-0.05, 0) is 47.3 Å². The van der Waals surface area contributed by atoms with Crippen LogP contribution < -0.4 is 15.0 Å². The number of hydrogen-bond acceptors (Lipinski definition) is 7. The van der Waals surface area contributed by atoms with Gasteiger partial charge in [-0.25, -0.2) is 0 Å². The third-order valence-corrected chi connectivity index (χ3v) is 8.57. The van der Waals surface area contributed by atoms with Crippen molar-refractivity contribution in [3.63, 3.8) is 0 Å². The number of methoxy groups -OCH3 is 2. The first-order valence-electron chi connectivity index (χ1n) is 13.4. The van der Waals surface area contributed by atoms with Crippen molar-refractivity contribution >= 4 is 28.8 Å². The predicted molar refractivity (Wildman–Crippen MR) is 154 cm³/mol. The first kappa shape index (κ1) is 27.2. The van der Waals surface area contributed by atoms with Crippen LogP contribution in [0.1, 0.15) is 32.8 Å². The van der Waals surface area contributed by atoms with Crippen LogP contribution in [0.5, 0.6) is 5.75 Å². The molecule has 0 saturated carbocycles. The maximum atomic E-state index is 13.8. The average Bonchev–Trinajstić information content (AvgIpc) is 3.52. The van der Waals surface area contributed by atoms with Gasteiger partial charge in [0, 0.05) is 69.1 Å². The second-order valence-corrected chi connectivity index (χ2v) is 10.8. The molecule has 2 aliphatic rings.